The first kappa shape index (κ1) is 13.1. The van der Waals surface area contributed by atoms with Crippen LogP contribution in [-0.2, 0) is 5.41 Å². The zero-order valence-corrected chi connectivity index (χ0v) is 12.7. The number of para-hydroxylation sites is 1. The minimum atomic E-state index is -0.101. The largest absolute Gasteiger partial charge is 0.455 e. The van der Waals surface area contributed by atoms with Crippen molar-refractivity contribution >= 4 is 0 Å². The van der Waals surface area contributed by atoms with E-state index >= 15 is 0 Å². The van der Waals surface area contributed by atoms with Crippen LogP contribution in [0.5, 0.6) is 11.5 Å². The third kappa shape index (κ3) is 1.92. The Hall–Kier alpha value is -2.61. The average Bonchev–Trinajstić information content (AvgIpc) is 2.56. The van der Waals surface area contributed by atoms with E-state index in [4.69, 9.17) is 4.74 Å². The van der Waals surface area contributed by atoms with Gasteiger partial charge in [0, 0.05) is 22.1 Å². The molecule has 0 fully saturated rings. The van der Waals surface area contributed by atoms with Crippen LogP contribution in [0.1, 0.15) is 25.0 Å². The summed E-state index contributed by atoms with van der Waals surface area (Å²) in [5.41, 5.74) is 4.40. The number of hydrogen-bond acceptors (Lipinski definition) is 2. The molecule has 0 atom stereocenters. The monoisotopic (exact) mass is 287 g/mol. The lowest BCUT2D eigenvalue weighted by Gasteiger charge is -2.34. The molecule has 4 rings (SSSR count). The smallest absolute Gasteiger partial charge is 0.149 e. The second kappa shape index (κ2) is 4.70. The number of hydrogen-bond donors (Lipinski definition) is 0. The van der Waals surface area contributed by atoms with Crippen molar-refractivity contribution in [3.05, 3.63) is 78.0 Å². The van der Waals surface area contributed by atoms with Crippen LogP contribution in [0.4, 0.5) is 0 Å². The molecule has 0 saturated carbocycles. The predicted molar refractivity (Wildman–Crippen MR) is 88.3 cm³/mol. The van der Waals surface area contributed by atoms with E-state index < -0.39 is 0 Å². The van der Waals surface area contributed by atoms with E-state index in [0.717, 1.165) is 22.8 Å². The summed E-state index contributed by atoms with van der Waals surface area (Å²) in [5.74, 6) is 1.78. The quantitative estimate of drug-likeness (QED) is 0.615. The molecule has 108 valence electrons. The van der Waals surface area contributed by atoms with Crippen LogP contribution in [0.2, 0.25) is 0 Å². The Bertz CT molecular complexity index is 837. The van der Waals surface area contributed by atoms with E-state index in [1.807, 2.05) is 36.5 Å². The van der Waals surface area contributed by atoms with Crippen LogP contribution in [0.15, 0.2) is 66.9 Å². The molecular weight excluding hydrogens is 270 g/mol. The van der Waals surface area contributed by atoms with Crippen LogP contribution in [0, 0.1) is 0 Å². The summed E-state index contributed by atoms with van der Waals surface area (Å²) in [6.45, 7) is 4.48. The first-order chi connectivity index (χ1) is 10.7. The number of fused-ring (bicyclic) bond motifs is 2. The van der Waals surface area contributed by atoms with Gasteiger partial charge in [-0.05, 0) is 12.1 Å². The lowest BCUT2D eigenvalue weighted by Crippen LogP contribution is -2.24. The van der Waals surface area contributed by atoms with Crippen LogP contribution in [0.25, 0.3) is 11.3 Å². The Morgan fingerprint density at radius 1 is 0.818 bits per heavy atom. The zero-order valence-electron chi connectivity index (χ0n) is 12.7. The Kier molecular flexibility index (Phi) is 2.80. The Morgan fingerprint density at radius 3 is 2.36 bits per heavy atom. The number of rotatable bonds is 1. The van der Waals surface area contributed by atoms with E-state index in [1.165, 1.54) is 11.1 Å². The van der Waals surface area contributed by atoms with Gasteiger partial charge in [-0.3, -0.25) is 4.98 Å². The molecule has 2 aromatic carbocycles. The van der Waals surface area contributed by atoms with E-state index in [1.54, 1.807) is 0 Å². The number of pyridine rings is 1. The van der Waals surface area contributed by atoms with E-state index in [2.05, 4.69) is 49.2 Å². The Labute approximate surface area is 130 Å². The molecule has 0 saturated heterocycles. The van der Waals surface area contributed by atoms with Gasteiger partial charge in [-0.1, -0.05) is 62.4 Å². The van der Waals surface area contributed by atoms with Crippen LogP contribution >= 0.6 is 0 Å². The minimum absolute atomic E-state index is 0.101. The number of aromatic nitrogens is 1. The standard InChI is InChI=1S/C20H17NO/c1-20(2)15-10-6-7-11-18(15)22-19-13-21-17(12-16(19)20)14-8-4-3-5-9-14/h3-13H,1-2H3. The molecule has 0 amide bonds. The number of nitrogens with zero attached hydrogens (tertiary/aromatic N) is 1. The molecule has 2 heterocycles. The minimum Gasteiger partial charge on any atom is -0.455 e. The number of benzene rings is 2. The molecule has 0 spiro atoms. The normalized spacial score (nSPS) is 14.6. The second-order valence-corrected chi connectivity index (χ2v) is 6.15. The van der Waals surface area contributed by atoms with Gasteiger partial charge in [0.25, 0.3) is 0 Å². The molecule has 0 N–H and O–H groups in total. The summed E-state index contributed by atoms with van der Waals surface area (Å²) in [4.78, 5) is 4.58. The summed E-state index contributed by atoms with van der Waals surface area (Å²) in [6, 6.07) is 20.6. The van der Waals surface area contributed by atoms with E-state index in [9.17, 15) is 0 Å². The summed E-state index contributed by atoms with van der Waals surface area (Å²) in [6.07, 6.45) is 1.84. The van der Waals surface area contributed by atoms with Crippen molar-refractivity contribution in [2.45, 2.75) is 19.3 Å². The van der Waals surface area contributed by atoms with Crippen molar-refractivity contribution in [2.24, 2.45) is 0 Å². The van der Waals surface area contributed by atoms with E-state index in [0.29, 0.717) is 0 Å². The van der Waals surface area contributed by atoms with Crippen molar-refractivity contribution in [3.8, 4) is 22.8 Å². The lowest BCUT2D eigenvalue weighted by atomic mass is 9.76. The Balaban J connectivity index is 1.89. The van der Waals surface area contributed by atoms with Gasteiger partial charge < -0.3 is 4.74 Å². The topological polar surface area (TPSA) is 22.1 Å². The maximum absolute atomic E-state index is 6.04. The van der Waals surface area contributed by atoms with E-state index in [-0.39, 0.29) is 5.41 Å². The highest BCUT2D eigenvalue weighted by Crippen LogP contribution is 2.47. The Morgan fingerprint density at radius 2 is 1.55 bits per heavy atom. The fourth-order valence-electron chi connectivity index (χ4n) is 3.11. The lowest BCUT2D eigenvalue weighted by molar-refractivity contribution is 0.416. The van der Waals surface area contributed by atoms with Gasteiger partial charge in [0.15, 0.2) is 0 Å². The maximum Gasteiger partial charge on any atom is 0.149 e. The van der Waals surface area contributed by atoms with Crippen LogP contribution in [-0.4, -0.2) is 4.98 Å². The highest BCUT2D eigenvalue weighted by Gasteiger charge is 2.34. The van der Waals surface area contributed by atoms with Gasteiger partial charge in [0.05, 0.1) is 11.9 Å². The highest BCUT2D eigenvalue weighted by atomic mass is 16.5. The molecule has 1 aromatic heterocycles. The average molecular weight is 287 g/mol. The molecule has 1 aliphatic rings. The van der Waals surface area contributed by atoms with Crippen molar-refractivity contribution in [1.29, 1.82) is 0 Å². The first-order valence-electron chi connectivity index (χ1n) is 7.49. The van der Waals surface area contributed by atoms with Gasteiger partial charge in [0.2, 0.25) is 0 Å². The highest BCUT2D eigenvalue weighted by molar-refractivity contribution is 5.64. The number of ether oxygens (including phenoxy) is 1. The first-order valence-corrected chi connectivity index (χ1v) is 7.49. The van der Waals surface area contributed by atoms with Crippen LogP contribution in [0.3, 0.4) is 0 Å². The summed E-state index contributed by atoms with van der Waals surface area (Å²) < 4.78 is 6.04. The predicted octanol–water partition coefficient (Wildman–Crippen LogP) is 5.18. The zero-order chi connectivity index (χ0) is 15.2. The van der Waals surface area contributed by atoms with Gasteiger partial charge >= 0.3 is 0 Å². The molecular formula is C20H17NO. The van der Waals surface area contributed by atoms with Gasteiger partial charge in [-0.25, -0.2) is 0 Å². The second-order valence-electron chi connectivity index (χ2n) is 6.15. The van der Waals surface area contributed by atoms with Gasteiger partial charge in [0.1, 0.15) is 11.5 Å². The molecule has 22 heavy (non-hydrogen) atoms. The summed E-state index contributed by atoms with van der Waals surface area (Å²) in [7, 11) is 0. The van der Waals surface area contributed by atoms with Crippen molar-refractivity contribution < 1.29 is 4.74 Å². The fraction of sp³-hybridized carbons (Fsp3) is 0.150. The van der Waals surface area contributed by atoms with Gasteiger partial charge in [-0.15, -0.1) is 0 Å². The molecule has 0 aliphatic carbocycles. The van der Waals surface area contributed by atoms with Gasteiger partial charge in [-0.2, -0.15) is 0 Å². The van der Waals surface area contributed by atoms with Crippen molar-refractivity contribution in [1.82, 2.24) is 4.98 Å². The molecule has 3 aromatic rings. The third-order valence-corrected chi connectivity index (χ3v) is 4.39. The molecule has 2 nitrogen and oxygen atoms in total. The van der Waals surface area contributed by atoms with Crippen LogP contribution < -0.4 is 4.74 Å². The van der Waals surface area contributed by atoms with Crippen molar-refractivity contribution in [2.75, 3.05) is 0 Å². The molecule has 1 aliphatic heterocycles. The fourth-order valence-corrected chi connectivity index (χ4v) is 3.11. The molecule has 0 unspecified atom stereocenters. The maximum atomic E-state index is 6.04. The third-order valence-electron chi connectivity index (χ3n) is 4.39. The molecule has 0 bridgehead atoms. The molecule has 2 heteroatoms. The SMILES string of the molecule is CC1(C)c2ccccc2Oc2cnc(-c3ccccc3)cc21. The molecule has 0 radical (unpaired) electrons. The summed E-state index contributed by atoms with van der Waals surface area (Å²) in [5, 5.41) is 0. The summed E-state index contributed by atoms with van der Waals surface area (Å²) >= 11 is 0. The van der Waals surface area contributed by atoms with Crippen molar-refractivity contribution in [3.63, 3.8) is 0 Å².